The van der Waals surface area contributed by atoms with Crippen LogP contribution in [-0.2, 0) is 6.42 Å². The highest BCUT2D eigenvalue weighted by atomic mass is 16.3. The van der Waals surface area contributed by atoms with Crippen molar-refractivity contribution in [3.8, 4) is 5.69 Å². The molecule has 2 aliphatic carbocycles. The highest BCUT2D eigenvalue weighted by Crippen LogP contribution is 2.37. The maximum atomic E-state index is 10.3. The van der Waals surface area contributed by atoms with Gasteiger partial charge in [0.25, 0.3) is 0 Å². The van der Waals surface area contributed by atoms with E-state index < -0.39 is 6.10 Å². The van der Waals surface area contributed by atoms with Crippen molar-refractivity contribution in [3.63, 3.8) is 0 Å². The summed E-state index contributed by atoms with van der Waals surface area (Å²) in [7, 11) is 0. The average molecular weight is 354 g/mol. The van der Waals surface area contributed by atoms with Gasteiger partial charge in [0.15, 0.2) is 5.82 Å². The molecule has 2 aromatic rings. The fourth-order valence-corrected chi connectivity index (χ4v) is 4.56. The first-order valence-electron chi connectivity index (χ1n) is 10.2. The molecule has 4 rings (SSSR count). The van der Waals surface area contributed by atoms with E-state index in [9.17, 15) is 5.11 Å². The minimum absolute atomic E-state index is 0.111. The Morgan fingerprint density at radius 3 is 2.62 bits per heavy atom. The fraction of sp³-hybridized carbons (Fsp3) is 0.619. The van der Waals surface area contributed by atoms with E-state index >= 15 is 0 Å². The van der Waals surface area contributed by atoms with Crippen molar-refractivity contribution in [3.05, 3.63) is 41.5 Å². The van der Waals surface area contributed by atoms with Crippen LogP contribution in [0.2, 0.25) is 0 Å². The molecule has 0 aliphatic heterocycles. The number of nitrogens with two attached hydrogens (primary N) is 1. The lowest BCUT2D eigenvalue weighted by molar-refractivity contribution is 0.0961. The van der Waals surface area contributed by atoms with Gasteiger partial charge >= 0.3 is 0 Å². The molecule has 2 aliphatic rings. The van der Waals surface area contributed by atoms with Crippen LogP contribution in [0.3, 0.4) is 0 Å². The smallest absolute Gasteiger partial charge is 0.154 e. The van der Waals surface area contributed by atoms with Crippen molar-refractivity contribution >= 4 is 0 Å². The van der Waals surface area contributed by atoms with E-state index in [4.69, 9.17) is 15.8 Å². The largest absolute Gasteiger partial charge is 0.391 e. The maximum Gasteiger partial charge on any atom is 0.154 e. The fourth-order valence-electron chi connectivity index (χ4n) is 4.56. The first-order chi connectivity index (χ1) is 12.7. The van der Waals surface area contributed by atoms with Crippen molar-refractivity contribution in [2.75, 3.05) is 0 Å². The van der Waals surface area contributed by atoms with E-state index in [2.05, 4.69) is 35.9 Å². The van der Waals surface area contributed by atoms with Crippen LogP contribution in [0, 0.1) is 0 Å². The number of aliphatic hydroxyl groups is 1. The number of rotatable bonds is 4. The Morgan fingerprint density at radius 1 is 1.12 bits per heavy atom. The van der Waals surface area contributed by atoms with Crippen molar-refractivity contribution in [1.29, 1.82) is 0 Å². The molecule has 140 valence electrons. The number of aromatic nitrogens is 3. The van der Waals surface area contributed by atoms with Gasteiger partial charge in [-0.1, -0.05) is 38.0 Å². The zero-order chi connectivity index (χ0) is 18.1. The summed E-state index contributed by atoms with van der Waals surface area (Å²) in [5.41, 5.74) is 8.44. The first kappa shape index (κ1) is 17.7. The zero-order valence-electron chi connectivity index (χ0n) is 15.6. The molecule has 0 amide bonds. The van der Waals surface area contributed by atoms with E-state index in [-0.39, 0.29) is 12.0 Å². The molecule has 0 spiro atoms. The molecule has 0 radical (unpaired) electrons. The number of aliphatic hydroxyl groups excluding tert-OH is 1. The lowest BCUT2D eigenvalue weighted by Crippen LogP contribution is -2.40. The number of nitrogens with zero attached hydrogens (tertiary/aromatic N) is 3. The van der Waals surface area contributed by atoms with Gasteiger partial charge in [-0.3, -0.25) is 0 Å². The summed E-state index contributed by atoms with van der Waals surface area (Å²) in [6.07, 6.45) is 7.94. The van der Waals surface area contributed by atoms with Crippen LogP contribution in [0.15, 0.2) is 24.3 Å². The van der Waals surface area contributed by atoms with E-state index in [0.29, 0.717) is 12.3 Å². The number of benzene rings is 1. The van der Waals surface area contributed by atoms with E-state index in [1.54, 1.807) is 0 Å². The SMILES string of the molecule is CCc1ccccc1-n1nc(C2CCCC2)nc1[C@H]1CC[C@@H](N)[C@H](O)C1. The van der Waals surface area contributed by atoms with Gasteiger partial charge in [0.1, 0.15) is 5.82 Å². The Kier molecular flexibility index (Phi) is 5.09. The first-order valence-corrected chi connectivity index (χ1v) is 10.2. The van der Waals surface area contributed by atoms with Crippen LogP contribution in [0.25, 0.3) is 5.69 Å². The number of hydrogen-bond donors (Lipinski definition) is 2. The average Bonchev–Trinajstić information content (AvgIpc) is 3.33. The molecule has 1 heterocycles. The summed E-state index contributed by atoms with van der Waals surface area (Å²) in [6.45, 7) is 2.18. The topological polar surface area (TPSA) is 77.0 Å². The molecule has 1 aromatic heterocycles. The predicted molar refractivity (Wildman–Crippen MR) is 103 cm³/mol. The second kappa shape index (κ2) is 7.49. The Labute approximate surface area is 155 Å². The summed E-state index contributed by atoms with van der Waals surface area (Å²) in [5.74, 6) is 2.71. The van der Waals surface area contributed by atoms with Gasteiger partial charge < -0.3 is 10.8 Å². The summed E-state index contributed by atoms with van der Waals surface area (Å²) in [5, 5.41) is 15.3. The Balaban J connectivity index is 1.75. The molecule has 3 N–H and O–H groups in total. The highest BCUT2D eigenvalue weighted by molar-refractivity contribution is 5.41. The number of para-hydroxylation sites is 1. The molecule has 5 heteroatoms. The molecule has 5 nitrogen and oxygen atoms in total. The Hall–Kier alpha value is -1.72. The van der Waals surface area contributed by atoms with Crippen LogP contribution in [0.4, 0.5) is 0 Å². The van der Waals surface area contributed by atoms with E-state index in [0.717, 1.165) is 36.6 Å². The molecule has 2 fully saturated rings. The predicted octanol–water partition coefficient (Wildman–Crippen LogP) is 3.44. The van der Waals surface area contributed by atoms with Crippen molar-refractivity contribution < 1.29 is 5.11 Å². The third-order valence-electron chi connectivity index (χ3n) is 6.20. The van der Waals surface area contributed by atoms with Crippen molar-refractivity contribution in [2.24, 2.45) is 5.73 Å². The molecule has 0 unspecified atom stereocenters. The van der Waals surface area contributed by atoms with Crippen molar-refractivity contribution in [2.45, 2.75) is 82.3 Å². The zero-order valence-corrected chi connectivity index (χ0v) is 15.6. The van der Waals surface area contributed by atoms with Gasteiger partial charge in [-0.15, -0.1) is 0 Å². The van der Waals surface area contributed by atoms with Crippen LogP contribution >= 0.6 is 0 Å². The quantitative estimate of drug-likeness (QED) is 0.882. The summed E-state index contributed by atoms with van der Waals surface area (Å²) in [4.78, 5) is 5.03. The monoisotopic (exact) mass is 354 g/mol. The van der Waals surface area contributed by atoms with Gasteiger partial charge in [0, 0.05) is 17.9 Å². The minimum atomic E-state index is -0.449. The third kappa shape index (κ3) is 3.30. The second-order valence-corrected chi connectivity index (χ2v) is 7.94. The van der Waals surface area contributed by atoms with Gasteiger partial charge in [0.2, 0.25) is 0 Å². The summed E-state index contributed by atoms with van der Waals surface area (Å²) >= 11 is 0. The summed E-state index contributed by atoms with van der Waals surface area (Å²) < 4.78 is 2.07. The molecular weight excluding hydrogens is 324 g/mol. The molecule has 2 saturated carbocycles. The van der Waals surface area contributed by atoms with Crippen LogP contribution < -0.4 is 5.73 Å². The van der Waals surface area contributed by atoms with Gasteiger partial charge in [0.05, 0.1) is 11.8 Å². The normalized spacial score (nSPS) is 27.1. The molecule has 0 saturated heterocycles. The lowest BCUT2D eigenvalue weighted by Gasteiger charge is -2.30. The Bertz CT molecular complexity index is 750. The van der Waals surface area contributed by atoms with E-state index in [1.165, 1.54) is 31.2 Å². The van der Waals surface area contributed by atoms with Gasteiger partial charge in [-0.05, 0) is 50.2 Å². The van der Waals surface area contributed by atoms with Gasteiger partial charge in [-0.2, -0.15) is 5.10 Å². The van der Waals surface area contributed by atoms with E-state index in [1.807, 2.05) is 0 Å². The second-order valence-electron chi connectivity index (χ2n) is 7.94. The third-order valence-corrected chi connectivity index (χ3v) is 6.20. The van der Waals surface area contributed by atoms with Crippen LogP contribution in [0.1, 0.15) is 80.9 Å². The standard InChI is InChI=1S/C21H30N4O/c1-2-14-7-5-6-10-18(14)25-21(16-11-12-17(22)19(26)13-16)23-20(24-25)15-8-3-4-9-15/h5-7,10,15-17,19,26H,2-4,8-9,11-13,22H2,1H3/t16-,17+,19+/m0/s1. The Morgan fingerprint density at radius 2 is 1.88 bits per heavy atom. The minimum Gasteiger partial charge on any atom is -0.391 e. The highest BCUT2D eigenvalue weighted by Gasteiger charge is 2.33. The molecular formula is C21H30N4O. The molecule has 1 aromatic carbocycles. The van der Waals surface area contributed by atoms with Crippen molar-refractivity contribution in [1.82, 2.24) is 14.8 Å². The number of aryl methyl sites for hydroxylation is 1. The van der Waals surface area contributed by atoms with Gasteiger partial charge in [-0.25, -0.2) is 9.67 Å². The molecule has 0 bridgehead atoms. The lowest BCUT2D eigenvalue weighted by atomic mass is 9.83. The molecule has 3 atom stereocenters. The summed E-state index contributed by atoms with van der Waals surface area (Å²) in [6, 6.07) is 8.35. The van der Waals surface area contributed by atoms with Crippen LogP contribution in [-0.4, -0.2) is 32.0 Å². The van der Waals surface area contributed by atoms with Crippen LogP contribution in [0.5, 0.6) is 0 Å². The molecule has 26 heavy (non-hydrogen) atoms. The number of hydrogen-bond acceptors (Lipinski definition) is 4. The maximum absolute atomic E-state index is 10.3.